The van der Waals surface area contributed by atoms with Gasteiger partial charge in [-0.1, -0.05) is 30.3 Å². The molecule has 1 heteroatoms. The Hall–Kier alpha value is -1.76. The molecule has 0 saturated heterocycles. The monoisotopic (exact) mass is 250 g/mol. The molecule has 2 aliphatic rings. The van der Waals surface area contributed by atoms with Gasteiger partial charge in [0.1, 0.15) is 5.75 Å². The molecule has 0 heterocycles. The zero-order valence-corrected chi connectivity index (χ0v) is 11.2. The fraction of sp³-hybridized carbons (Fsp3) is 0.333. The second kappa shape index (κ2) is 4.12. The van der Waals surface area contributed by atoms with Crippen LogP contribution in [0.15, 0.2) is 42.5 Å². The summed E-state index contributed by atoms with van der Waals surface area (Å²) in [4.78, 5) is 0. The van der Waals surface area contributed by atoms with Gasteiger partial charge in [0.05, 0.1) is 7.11 Å². The predicted molar refractivity (Wildman–Crippen MR) is 76.8 cm³/mol. The first kappa shape index (κ1) is 11.1. The van der Waals surface area contributed by atoms with E-state index in [-0.39, 0.29) is 0 Å². The number of methoxy groups -OCH3 is 1. The van der Waals surface area contributed by atoms with Crippen LogP contribution in [-0.4, -0.2) is 7.11 Å². The Balaban J connectivity index is 1.88. The molecule has 19 heavy (non-hydrogen) atoms. The molecule has 0 radical (unpaired) electrons. The minimum Gasteiger partial charge on any atom is -0.497 e. The van der Waals surface area contributed by atoms with Crippen molar-refractivity contribution in [1.29, 1.82) is 0 Å². The van der Waals surface area contributed by atoms with E-state index in [1.807, 2.05) is 0 Å². The standard InChI is InChI=1S/C18H18O/c1-19-15-9-8-12-6-7-14-10-13-4-2-3-5-16(13)18(14)17(12)11-15/h2-5,8-9,11,14,18H,6-7,10H2,1H3/t14-,18-/m0/s1. The molecule has 1 nitrogen and oxygen atoms in total. The van der Waals surface area contributed by atoms with E-state index in [4.69, 9.17) is 4.74 Å². The van der Waals surface area contributed by atoms with Crippen molar-refractivity contribution in [2.45, 2.75) is 25.2 Å². The molecule has 0 spiro atoms. The van der Waals surface area contributed by atoms with Crippen molar-refractivity contribution in [3.05, 3.63) is 64.7 Å². The highest BCUT2D eigenvalue weighted by atomic mass is 16.5. The lowest BCUT2D eigenvalue weighted by atomic mass is 9.75. The van der Waals surface area contributed by atoms with Gasteiger partial charge in [-0.05, 0) is 59.6 Å². The highest BCUT2D eigenvalue weighted by Gasteiger charge is 2.37. The lowest BCUT2D eigenvalue weighted by Crippen LogP contribution is -2.18. The summed E-state index contributed by atoms with van der Waals surface area (Å²) in [5, 5.41) is 0. The highest BCUT2D eigenvalue weighted by Crippen LogP contribution is 2.49. The van der Waals surface area contributed by atoms with Crippen molar-refractivity contribution in [3.63, 3.8) is 0 Å². The molecular weight excluding hydrogens is 232 g/mol. The van der Waals surface area contributed by atoms with E-state index in [2.05, 4.69) is 42.5 Å². The van der Waals surface area contributed by atoms with E-state index in [9.17, 15) is 0 Å². The van der Waals surface area contributed by atoms with Crippen LogP contribution in [0.25, 0.3) is 0 Å². The van der Waals surface area contributed by atoms with E-state index in [1.54, 1.807) is 18.2 Å². The molecule has 0 amide bonds. The van der Waals surface area contributed by atoms with Gasteiger partial charge in [-0.2, -0.15) is 0 Å². The first-order valence-electron chi connectivity index (χ1n) is 7.11. The van der Waals surface area contributed by atoms with Crippen molar-refractivity contribution in [2.75, 3.05) is 7.11 Å². The van der Waals surface area contributed by atoms with Crippen LogP contribution in [0.3, 0.4) is 0 Å². The maximum Gasteiger partial charge on any atom is 0.119 e. The summed E-state index contributed by atoms with van der Waals surface area (Å²) in [5.74, 6) is 2.37. The van der Waals surface area contributed by atoms with Crippen molar-refractivity contribution in [1.82, 2.24) is 0 Å². The normalized spacial score (nSPS) is 23.4. The van der Waals surface area contributed by atoms with Gasteiger partial charge in [0.2, 0.25) is 0 Å². The maximum atomic E-state index is 5.42. The minimum atomic E-state index is 0.593. The number of hydrogen-bond acceptors (Lipinski definition) is 1. The Morgan fingerprint density at radius 2 is 1.89 bits per heavy atom. The first-order valence-corrected chi connectivity index (χ1v) is 7.11. The zero-order chi connectivity index (χ0) is 12.8. The molecule has 0 fully saturated rings. The Morgan fingerprint density at radius 3 is 2.79 bits per heavy atom. The van der Waals surface area contributed by atoms with E-state index in [0.29, 0.717) is 5.92 Å². The summed E-state index contributed by atoms with van der Waals surface area (Å²) in [6, 6.07) is 15.6. The van der Waals surface area contributed by atoms with Crippen LogP contribution in [-0.2, 0) is 12.8 Å². The molecular formula is C18H18O. The predicted octanol–water partition coefficient (Wildman–Crippen LogP) is 3.95. The first-order chi connectivity index (χ1) is 9.36. The molecule has 0 N–H and O–H groups in total. The molecule has 0 bridgehead atoms. The van der Waals surface area contributed by atoms with Gasteiger partial charge in [0.25, 0.3) is 0 Å². The van der Waals surface area contributed by atoms with Gasteiger partial charge in [-0.3, -0.25) is 0 Å². The average Bonchev–Trinajstić information content (AvgIpc) is 2.85. The Labute approximate surface area is 114 Å². The van der Waals surface area contributed by atoms with Gasteiger partial charge in [0.15, 0.2) is 0 Å². The zero-order valence-electron chi connectivity index (χ0n) is 11.2. The Morgan fingerprint density at radius 1 is 1.00 bits per heavy atom. The second-order valence-electron chi connectivity index (χ2n) is 5.74. The summed E-state index contributed by atoms with van der Waals surface area (Å²) < 4.78 is 5.42. The van der Waals surface area contributed by atoms with Crippen molar-refractivity contribution in [2.24, 2.45) is 5.92 Å². The van der Waals surface area contributed by atoms with E-state index in [0.717, 1.165) is 11.7 Å². The molecule has 4 rings (SSSR count). The van der Waals surface area contributed by atoms with Crippen LogP contribution in [0.1, 0.15) is 34.6 Å². The fourth-order valence-electron chi connectivity index (χ4n) is 3.93. The van der Waals surface area contributed by atoms with Crippen LogP contribution in [0.2, 0.25) is 0 Å². The van der Waals surface area contributed by atoms with Crippen LogP contribution < -0.4 is 4.74 Å². The second-order valence-corrected chi connectivity index (χ2v) is 5.74. The molecule has 2 aromatic carbocycles. The maximum absolute atomic E-state index is 5.42. The summed E-state index contributed by atoms with van der Waals surface area (Å²) in [6.45, 7) is 0. The number of fused-ring (bicyclic) bond motifs is 5. The SMILES string of the molecule is COc1ccc2c(c1)[C@@H]1c3ccccc3C[C@@H]1CC2. The Kier molecular flexibility index (Phi) is 2.41. The van der Waals surface area contributed by atoms with Gasteiger partial charge < -0.3 is 4.74 Å². The lowest BCUT2D eigenvalue weighted by Gasteiger charge is -2.29. The number of benzene rings is 2. The largest absolute Gasteiger partial charge is 0.497 e. The van der Waals surface area contributed by atoms with Crippen LogP contribution in [0.4, 0.5) is 0 Å². The summed E-state index contributed by atoms with van der Waals surface area (Å²) >= 11 is 0. The number of rotatable bonds is 1. The smallest absolute Gasteiger partial charge is 0.119 e. The highest BCUT2D eigenvalue weighted by molar-refractivity contribution is 5.50. The third-order valence-electron chi connectivity index (χ3n) is 4.82. The van der Waals surface area contributed by atoms with Gasteiger partial charge in [-0.25, -0.2) is 0 Å². The van der Waals surface area contributed by atoms with Gasteiger partial charge >= 0.3 is 0 Å². The van der Waals surface area contributed by atoms with E-state index in [1.165, 1.54) is 30.4 Å². The molecule has 0 saturated carbocycles. The van der Waals surface area contributed by atoms with E-state index < -0.39 is 0 Å². The Bertz CT molecular complexity index is 629. The lowest BCUT2D eigenvalue weighted by molar-refractivity contribution is 0.407. The van der Waals surface area contributed by atoms with Crippen LogP contribution >= 0.6 is 0 Å². The van der Waals surface area contributed by atoms with Gasteiger partial charge in [0, 0.05) is 5.92 Å². The number of aryl methyl sites for hydroxylation is 1. The third-order valence-corrected chi connectivity index (χ3v) is 4.82. The van der Waals surface area contributed by atoms with Crippen LogP contribution in [0, 0.1) is 5.92 Å². The minimum absolute atomic E-state index is 0.593. The summed E-state index contributed by atoms with van der Waals surface area (Å²) in [6.07, 6.45) is 3.78. The molecule has 0 aromatic heterocycles. The quantitative estimate of drug-likeness (QED) is 0.744. The van der Waals surface area contributed by atoms with E-state index >= 15 is 0 Å². The molecule has 0 unspecified atom stereocenters. The van der Waals surface area contributed by atoms with Crippen molar-refractivity contribution in [3.8, 4) is 5.75 Å². The molecule has 2 aromatic rings. The van der Waals surface area contributed by atoms with Gasteiger partial charge in [-0.15, -0.1) is 0 Å². The summed E-state index contributed by atoms with van der Waals surface area (Å²) in [5.41, 5.74) is 6.11. The average molecular weight is 250 g/mol. The fourth-order valence-corrected chi connectivity index (χ4v) is 3.93. The molecule has 2 atom stereocenters. The van der Waals surface area contributed by atoms with Crippen molar-refractivity contribution >= 4 is 0 Å². The van der Waals surface area contributed by atoms with Crippen LogP contribution in [0.5, 0.6) is 5.75 Å². The number of ether oxygens (including phenoxy) is 1. The topological polar surface area (TPSA) is 9.23 Å². The number of hydrogen-bond donors (Lipinski definition) is 0. The van der Waals surface area contributed by atoms with Crippen molar-refractivity contribution < 1.29 is 4.74 Å². The third kappa shape index (κ3) is 1.61. The molecule has 2 aliphatic carbocycles. The molecule has 0 aliphatic heterocycles. The summed E-state index contributed by atoms with van der Waals surface area (Å²) in [7, 11) is 1.75. The molecule has 96 valence electrons.